The van der Waals surface area contributed by atoms with Gasteiger partial charge in [0, 0.05) is 23.8 Å². The molecule has 0 fully saturated rings. The van der Waals surface area contributed by atoms with Gasteiger partial charge in [0.2, 0.25) is 0 Å². The van der Waals surface area contributed by atoms with Gasteiger partial charge in [-0.25, -0.2) is 0 Å². The molecule has 1 N–H and O–H groups in total. The molecule has 1 aromatic heterocycles. The molecule has 0 bridgehead atoms. The molecule has 0 aliphatic rings. The van der Waals surface area contributed by atoms with Crippen molar-refractivity contribution in [3.05, 3.63) is 36.7 Å². The lowest BCUT2D eigenvalue weighted by Gasteiger charge is -2.37. The summed E-state index contributed by atoms with van der Waals surface area (Å²) in [5.74, 6) is 0. The van der Waals surface area contributed by atoms with Crippen molar-refractivity contribution in [3.63, 3.8) is 0 Å². The third kappa shape index (κ3) is 2.83. The zero-order chi connectivity index (χ0) is 12.2. The molecule has 0 spiro atoms. The van der Waals surface area contributed by atoms with Crippen molar-refractivity contribution in [2.75, 3.05) is 11.4 Å². The van der Waals surface area contributed by atoms with Gasteiger partial charge in [0.25, 0.3) is 0 Å². The fourth-order valence-electron chi connectivity index (χ4n) is 1.65. The molecule has 0 aromatic carbocycles. The van der Waals surface area contributed by atoms with Crippen LogP contribution in [-0.4, -0.2) is 22.2 Å². The smallest absolute Gasteiger partial charge is 0.0703 e. The zero-order valence-electron chi connectivity index (χ0n) is 10.3. The Labute approximate surface area is 97.4 Å². The fourth-order valence-corrected chi connectivity index (χ4v) is 1.65. The summed E-state index contributed by atoms with van der Waals surface area (Å²) in [7, 11) is 0. The van der Waals surface area contributed by atoms with Crippen LogP contribution < -0.4 is 4.90 Å². The van der Waals surface area contributed by atoms with Crippen molar-refractivity contribution < 1.29 is 5.11 Å². The molecule has 0 amide bonds. The van der Waals surface area contributed by atoms with Crippen molar-refractivity contribution >= 4 is 5.69 Å². The van der Waals surface area contributed by atoms with Gasteiger partial charge in [-0.1, -0.05) is 6.08 Å². The predicted octanol–water partition coefficient (Wildman–Crippen LogP) is 2.36. The summed E-state index contributed by atoms with van der Waals surface area (Å²) in [5.41, 5.74) is 1.84. The van der Waals surface area contributed by atoms with Crippen LogP contribution in [0.4, 0.5) is 5.69 Å². The molecular formula is C13H20N2O. The molecule has 16 heavy (non-hydrogen) atoms. The summed E-state index contributed by atoms with van der Waals surface area (Å²) in [6, 6.07) is 1.84. The summed E-state index contributed by atoms with van der Waals surface area (Å²) in [5, 5.41) is 9.32. The highest BCUT2D eigenvalue weighted by molar-refractivity contribution is 5.53. The maximum atomic E-state index is 9.32. The lowest BCUT2D eigenvalue weighted by Crippen LogP contribution is -2.42. The average molecular weight is 220 g/mol. The van der Waals surface area contributed by atoms with E-state index in [1.807, 2.05) is 12.1 Å². The van der Waals surface area contributed by atoms with E-state index in [-0.39, 0.29) is 12.1 Å². The van der Waals surface area contributed by atoms with Crippen LogP contribution in [0.2, 0.25) is 0 Å². The van der Waals surface area contributed by atoms with E-state index in [9.17, 15) is 5.11 Å². The van der Waals surface area contributed by atoms with Crippen LogP contribution in [0.3, 0.4) is 0 Å². The SMILES string of the molecule is C=CCN(c1cnccc1CO)C(C)(C)C. The Morgan fingerprint density at radius 3 is 2.69 bits per heavy atom. The number of rotatable bonds is 4. The highest BCUT2D eigenvalue weighted by Gasteiger charge is 2.22. The Hall–Kier alpha value is -1.35. The van der Waals surface area contributed by atoms with Crippen LogP contribution in [0.15, 0.2) is 31.1 Å². The van der Waals surface area contributed by atoms with Gasteiger partial charge in [-0.15, -0.1) is 6.58 Å². The Balaban J connectivity index is 3.15. The van der Waals surface area contributed by atoms with E-state index in [1.165, 1.54) is 0 Å². The molecule has 0 unspecified atom stereocenters. The Bertz CT molecular complexity index is 355. The molecule has 0 saturated carbocycles. The first-order valence-corrected chi connectivity index (χ1v) is 5.43. The summed E-state index contributed by atoms with van der Waals surface area (Å²) >= 11 is 0. The van der Waals surface area contributed by atoms with E-state index >= 15 is 0 Å². The lowest BCUT2D eigenvalue weighted by atomic mass is 10.0. The van der Waals surface area contributed by atoms with Gasteiger partial charge in [0.15, 0.2) is 0 Å². The highest BCUT2D eigenvalue weighted by Crippen LogP contribution is 2.26. The topological polar surface area (TPSA) is 36.4 Å². The minimum atomic E-state index is -0.0266. The van der Waals surface area contributed by atoms with Gasteiger partial charge < -0.3 is 10.0 Å². The van der Waals surface area contributed by atoms with E-state index in [0.717, 1.165) is 17.8 Å². The Kier molecular flexibility index (Phi) is 4.07. The van der Waals surface area contributed by atoms with Crippen LogP contribution >= 0.6 is 0 Å². The molecule has 1 rings (SSSR count). The number of hydrogen-bond donors (Lipinski definition) is 1. The predicted molar refractivity (Wildman–Crippen MR) is 67.5 cm³/mol. The molecule has 3 nitrogen and oxygen atoms in total. The molecule has 1 heterocycles. The van der Waals surface area contributed by atoms with E-state index < -0.39 is 0 Å². The van der Waals surface area contributed by atoms with Gasteiger partial charge in [0.1, 0.15) is 0 Å². The molecule has 0 aliphatic carbocycles. The van der Waals surface area contributed by atoms with Crippen molar-refractivity contribution in [1.29, 1.82) is 0 Å². The van der Waals surface area contributed by atoms with Gasteiger partial charge in [-0.3, -0.25) is 4.98 Å². The number of nitrogens with zero attached hydrogens (tertiary/aromatic N) is 2. The van der Waals surface area contributed by atoms with Gasteiger partial charge in [-0.2, -0.15) is 0 Å². The van der Waals surface area contributed by atoms with Crippen molar-refractivity contribution in [2.24, 2.45) is 0 Å². The largest absolute Gasteiger partial charge is 0.392 e. The van der Waals surface area contributed by atoms with E-state index in [2.05, 4.69) is 37.2 Å². The molecule has 1 aromatic rings. The molecule has 0 aliphatic heterocycles. The molecule has 3 heteroatoms. The lowest BCUT2D eigenvalue weighted by molar-refractivity contribution is 0.281. The number of aromatic nitrogens is 1. The van der Waals surface area contributed by atoms with E-state index in [1.54, 1.807) is 12.4 Å². The molecular weight excluding hydrogens is 200 g/mol. The number of aliphatic hydroxyl groups is 1. The van der Waals surface area contributed by atoms with Crippen LogP contribution in [0.5, 0.6) is 0 Å². The molecule has 0 radical (unpaired) electrons. The first-order chi connectivity index (χ1) is 7.50. The maximum Gasteiger partial charge on any atom is 0.0703 e. The maximum absolute atomic E-state index is 9.32. The second kappa shape index (κ2) is 5.12. The summed E-state index contributed by atoms with van der Waals surface area (Å²) in [4.78, 5) is 6.30. The third-order valence-corrected chi connectivity index (χ3v) is 2.47. The van der Waals surface area contributed by atoms with Crippen molar-refractivity contribution in [1.82, 2.24) is 4.98 Å². The third-order valence-electron chi connectivity index (χ3n) is 2.47. The summed E-state index contributed by atoms with van der Waals surface area (Å²) in [6.45, 7) is 10.9. The second-order valence-corrected chi connectivity index (χ2v) is 4.73. The monoisotopic (exact) mass is 220 g/mol. The number of aliphatic hydroxyl groups excluding tert-OH is 1. The molecule has 0 atom stereocenters. The van der Waals surface area contributed by atoms with Crippen LogP contribution in [-0.2, 0) is 6.61 Å². The summed E-state index contributed by atoms with van der Waals surface area (Å²) in [6.07, 6.45) is 5.35. The fraction of sp³-hybridized carbons (Fsp3) is 0.462. The van der Waals surface area contributed by atoms with Gasteiger partial charge >= 0.3 is 0 Å². The molecule has 88 valence electrons. The van der Waals surface area contributed by atoms with E-state index in [0.29, 0.717) is 0 Å². The van der Waals surface area contributed by atoms with E-state index in [4.69, 9.17) is 0 Å². The minimum Gasteiger partial charge on any atom is -0.392 e. The van der Waals surface area contributed by atoms with Crippen molar-refractivity contribution in [2.45, 2.75) is 32.9 Å². The normalized spacial score (nSPS) is 11.2. The minimum absolute atomic E-state index is 0.0266. The van der Waals surface area contributed by atoms with Crippen LogP contribution in [0, 0.1) is 0 Å². The number of anilines is 1. The van der Waals surface area contributed by atoms with Gasteiger partial charge in [-0.05, 0) is 26.8 Å². The first kappa shape index (κ1) is 12.7. The highest BCUT2D eigenvalue weighted by atomic mass is 16.3. The van der Waals surface area contributed by atoms with Crippen LogP contribution in [0.1, 0.15) is 26.3 Å². The second-order valence-electron chi connectivity index (χ2n) is 4.73. The molecule has 0 saturated heterocycles. The average Bonchev–Trinajstić information content (AvgIpc) is 2.24. The zero-order valence-corrected chi connectivity index (χ0v) is 10.3. The Morgan fingerprint density at radius 1 is 1.50 bits per heavy atom. The number of pyridine rings is 1. The number of hydrogen-bond acceptors (Lipinski definition) is 3. The quantitative estimate of drug-likeness (QED) is 0.791. The first-order valence-electron chi connectivity index (χ1n) is 5.43. The van der Waals surface area contributed by atoms with Gasteiger partial charge in [0.05, 0.1) is 18.5 Å². The summed E-state index contributed by atoms with van der Waals surface area (Å²) < 4.78 is 0. The Morgan fingerprint density at radius 2 is 2.19 bits per heavy atom. The van der Waals surface area contributed by atoms with Crippen LogP contribution in [0.25, 0.3) is 0 Å². The van der Waals surface area contributed by atoms with Crippen molar-refractivity contribution in [3.8, 4) is 0 Å². The standard InChI is InChI=1S/C13H20N2O/c1-5-8-15(13(2,3)4)12-9-14-7-6-11(12)10-16/h5-7,9,16H,1,8,10H2,2-4H3.